The third-order valence-corrected chi connectivity index (χ3v) is 9.14. The smallest absolute Gasteiger partial charge is 0.331 e. The van der Waals surface area contributed by atoms with Crippen LogP contribution in [0, 0.1) is 47.3 Å². The average molecular weight is 385 g/mol. The Kier molecular flexibility index (Phi) is 4.13. The van der Waals surface area contributed by atoms with E-state index in [4.69, 9.17) is 9.47 Å². The van der Waals surface area contributed by atoms with E-state index < -0.39 is 0 Å². The van der Waals surface area contributed by atoms with Gasteiger partial charge in [0.2, 0.25) is 0 Å². The second-order valence-corrected chi connectivity index (χ2v) is 11.0. The Hall–Kier alpha value is -1.32. The third-order valence-electron chi connectivity index (χ3n) is 9.14. The Morgan fingerprint density at radius 2 is 0.786 bits per heavy atom. The van der Waals surface area contributed by atoms with Gasteiger partial charge in [0.05, 0.1) is 0 Å². The van der Waals surface area contributed by atoms with Crippen LogP contribution in [0.5, 0.6) is 0 Å². The summed E-state index contributed by atoms with van der Waals surface area (Å²) < 4.78 is 11.7. The lowest BCUT2D eigenvalue weighted by Gasteiger charge is -2.53. The van der Waals surface area contributed by atoms with Crippen LogP contribution in [0.15, 0.2) is 12.2 Å². The Bertz CT molecular complexity index is 581. The fraction of sp³-hybridized carbons (Fsp3) is 0.833. The van der Waals surface area contributed by atoms with E-state index in [1.807, 2.05) is 0 Å². The number of hydrogen-bond donors (Lipinski definition) is 0. The molecule has 0 saturated heterocycles. The lowest BCUT2D eigenvalue weighted by atomic mass is 9.55. The van der Waals surface area contributed by atoms with Gasteiger partial charge in [-0.15, -0.1) is 0 Å². The molecule has 0 amide bonds. The van der Waals surface area contributed by atoms with Gasteiger partial charge in [0.25, 0.3) is 0 Å². The zero-order valence-corrected chi connectivity index (χ0v) is 16.6. The number of carbonyl (C=O) groups excluding carboxylic acids is 2. The van der Waals surface area contributed by atoms with Crippen LogP contribution in [-0.2, 0) is 19.1 Å². The van der Waals surface area contributed by atoms with Crippen molar-refractivity contribution < 1.29 is 19.1 Å². The molecule has 8 aliphatic carbocycles. The summed E-state index contributed by atoms with van der Waals surface area (Å²) in [7, 11) is 0. The molecule has 0 aromatic heterocycles. The molecule has 0 N–H and O–H groups in total. The highest BCUT2D eigenvalue weighted by molar-refractivity contribution is 5.91. The lowest BCUT2D eigenvalue weighted by Crippen LogP contribution is -2.50. The van der Waals surface area contributed by atoms with Crippen molar-refractivity contribution in [2.24, 2.45) is 47.3 Å². The first kappa shape index (κ1) is 17.5. The summed E-state index contributed by atoms with van der Waals surface area (Å²) in [5, 5.41) is 0. The summed E-state index contributed by atoms with van der Waals surface area (Å²) in [5.41, 5.74) is 0. The molecule has 0 spiro atoms. The molecule has 0 aliphatic heterocycles. The van der Waals surface area contributed by atoms with E-state index in [2.05, 4.69) is 0 Å². The van der Waals surface area contributed by atoms with Gasteiger partial charge in [-0.25, -0.2) is 9.59 Å². The van der Waals surface area contributed by atoms with E-state index in [0.29, 0.717) is 23.7 Å². The van der Waals surface area contributed by atoms with Crippen LogP contribution in [-0.4, -0.2) is 24.1 Å². The number of rotatable bonds is 4. The minimum absolute atomic E-state index is 0.0744. The van der Waals surface area contributed by atoms with Crippen molar-refractivity contribution in [1.29, 1.82) is 0 Å². The highest BCUT2D eigenvalue weighted by Gasteiger charge is 2.51. The van der Waals surface area contributed by atoms with Gasteiger partial charge < -0.3 is 9.47 Å². The van der Waals surface area contributed by atoms with Crippen molar-refractivity contribution in [3.63, 3.8) is 0 Å². The average Bonchev–Trinajstić information content (AvgIpc) is 2.65. The normalized spacial score (nSPS) is 50.3. The lowest BCUT2D eigenvalue weighted by molar-refractivity contribution is -0.167. The van der Waals surface area contributed by atoms with Crippen molar-refractivity contribution in [2.75, 3.05) is 0 Å². The molecule has 8 fully saturated rings. The first-order valence-corrected chi connectivity index (χ1v) is 11.7. The van der Waals surface area contributed by atoms with Gasteiger partial charge in [-0.05, 0) is 112 Å². The monoisotopic (exact) mass is 384 g/mol. The fourth-order valence-electron chi connectivity index (χ4n) is 8.62. The summed E-state index contributed by atoms with van der Waals surface area (Å²) in [6.07, 6.45) is 15.4. The van der Waals surface area contributed by atoms with Gasteiger partial charge in [-0.1, -0.05) is 0 Å². The van der Waals surface area contributed by atoms with Gasteiger partial charge in [-0.3, -0.25) is 0 Å². The van der Waals surface area contributed by atoms with Gasteiger partial charge in [0.1, 0.15) is 12.2 Å². The molecule has 8 bridgehead atoms. The van der Waals surface area contributed by atoms with Crippen molar-refractivity contribution in [2.45, 2.75) is 76.4 Å². The van der Waals surface area contributed by atoms with E-state index in [-0.39, 0.29) is 24.1 Å². The maximum atomic E-state index is 12.4. The number of esters is 2. The van der Waals surface area contributed by atoms with E-state index in [9.17, 15) is 9.59 Å². The number of ether oxygens (including phenoxy) is 2. The molecule has 8 aliphatic rings. The molecule has 0 radical (unpaired) electrons. The molecule has 4 heteroatoms. The Balaban J connectivity index is 1.03. The largest absolute Gasteiger partial charge is 0.459 e. The molecule has 0 aromatic carbocycles. The molecular formula is C24H32O4. The molecule has 0 unspecified atom stereocenters. The van der Waals surface area contributed by atoms with Crippen LogP contribution in [0.1, 0.15) is 64.2 Å². The van der Waals surface area contributed by atoms with Gasteiger partial charge >= 0.3 is 11.9 Å². The zero-order valence-electron chi connectivity index (χ0n) is 16.6. The number of hydrogen-bond acceptors (Lipinski definition) is 4. The number of carbonyl (C=O) groups is 2. The SMILES string of the molecule is O=C(C=CC(=O)OC1C2CC3CC(C2)CC1C3)OC1C2CC3CC(C2)CC1C3. The Morgan fingerprint density at radius 1 is 0.500 bits per heavy atom. The van der Waals surface area contributed by atoms with Crippen LogP contribution in [0.25, 0.3) is 0 Å². The highest BCUT2D eigenvalue weighted by Crippen LogP contribution is 2.55. The first-order valence-electron chi connectivity index (χ1n) is 11.7. The van der Waals surface area contributed by atoms with E-state index in [0.717, 1.165) is 23.7 Å². The Labute approximate surface area is 167 Å². The molecule has 8 rings (SSSR count). The zero-order chi connectivity index (χ0) is 18.8. The topological polar surface area (TPSA) is 52.6 Å². The highest BCUT2D eigenvalue weighted by atomic mass is 16.6. The van der Waals surface area contributed by atoms with Crippen molar-refractivity contribution in [3.8, 4) is 0 Å². The third kappa shape index (κ3) is 3.02. The van der Waals surface area contributed by atoms with E-state index in [1.165, 1.54) is 76.4 Å². The van der Waals surface area contributed by atoms with Gasteiger partial charge in [0.15, 0.2) is 0 Å². The molecular weight excluding hydrogens is 352 g/mol. The predicted octanol–water partition coefficient (Wildman–Crippen LogP) is 4.28. The molecule has 4 nitrogen and oxygen atoms in total. The fourth-order valence-corrected chi connectivity index (χ4v) is 8.62. The molecule has 152 valence electrons. The minimum atomic E-state index is -0.362. The van der Waals surface area contributed by atoms with Crippen LogP contribution in [0.4, 0.5) is 0 Å². The molecule has 0 atom stereocenters. The molecule has 28 heavy (non-hydrogen) atoms. The van der Waals surface area contributed by atoms with E-state index >= 15 is 0 Å². The van der Waals surface area contributed by atoms with Crippen LogP contribution in [0.2, 0.25) is 0 Å². The van der Waals surface area contributed by atoms with E-state index in [1.54, 1.807) is 0 Å². The minimum Gasteiger partial charge on any atom is -0.459 e. The standard InChI is InChI=1S/C24H32O4/c25-21(27-23-17-5-13-3-14(7-17)8-18(23)6-13)1-2-22(26)28-24-19-9-15-4-16(11-19)12-20(24)10-15/h1-2,13-20,23-24H,3-12H2. The van der Waals surface area contributed by atoms with Crippen LogP contribution < -0.4 is 0 Å². The van der Waals surface area contributed by atoms with Crippen molar-refractivity contribution >= 4 is 11.9 Å². The first-order chi connectivity index (χ1) is 13.6. The molecule has 8 saturated carbocycles. The van der Waals surface area contributed by atoms with Crippen molar-refractivity contribution in [3.05, 3.63) is 12.2 Å². The summed E-state index contributed by atoms with van der Waals surface area (Å²) in [6.45, 7) is 0. The summed E-state index contributed by atoms with van der Waals surface area (Å²) >= 11 is 0. The summed E-state index contributed by atoms with van der Waals surface area (Å²) in [5.74, 6) is 4.93. The van der Waals surface area contributed by atoms with Gasteiger partial charge in [-0.2, -0.15) is 0 Å². The maximum Gasteiger partial charge on any atom is 0.331 e. The van der Waals surface area contributed by atoms with Gasteiger partial charge in [0, 0.05) is 12.2 Å². The second kappa shape index (κ2) is 6.60. The maximum absolute atomic E-state index is 12.4. The van der Waals surface area contributed by atoms with Crippen molar-refractivity contribution in [1.82, 2.24) is 0 Å². The second-order valence-electron chi connectivity index (χ2n) is 11.0. The summed E-state index contributed by atoms with van der Waals surface area (Å²) in [4.78, 5) is 24.7. The molecule has 0 heterocycles. The predicted molar refractivity (Wildman–Crippen MR) is 103 cm³/mol. The Morgan fingerprint density at radius 3 is 1.07 bits per heavy atom. The summed E-state index contributed by atoms with van der Waals surface area (Å²) in [6, 6.07) is 0. The van der Waals surface area contributed by atoms with Crippen LogP contribution in [0.3, 0.4) is 0 Å². The molecule has 0 aromatic rings. The van der Waals surface area contributed by atoms with Crippen LogP contribution >= 0.6 is 0 Å². The quantitative estimate of drug-likeness (QED) is 0.536.